The maximum absolute atomic E-state index is 12.0. The molecule has 1 amide bonds. The summed E-state index contributed by atoms with van der Waals surface area (Å²) in [4.78, 5) is 16.5. The molecule has 6 nitrogen and oxygen atoms in total. The summed E-state index contributed by atoms with van der Waals surface area (Å²) in [5.41, 5.74) is 7.62. The lowest BCUT2D eigenvalue weighted by molar-refractivity contribution is -0.117. The number of aromatic nitrogens is 1. The molecular weight excluding hydrogens is 256 g/mol. The van der Waals surface area contributed by atoms with Crippen LogP contribution >= 0.6 is 0 Å². The van der Waals surface area contributed by atoms with Crippen molar-refractivity contribution in [3.8, 4) is 0 Å². The van der Waals surface area contributed by atoms with Gasteiger partial charge in [0.15, 0.2) is 5.84 Å². The van der Waals surface area contributed by atoms with Crippen LogP contribution in [-0.4, -0.2) is 21.9 Å². The number of pyridine rings is 1. The van der Waals surface area contributed by atoms with Gasteiger partial charge >= 0.3 is 0 Å². The topological polar surface area (TPSA) is 101 Å². The highest BCUT2D eigenvalue weighted by molar-refractivity contribution is 6.09. The number of carbonyl (C=O) groups excluding carboxylic acids is 1. The standard InChI is InChI=1S/C14H16N4O2/c1-8-6-7-10-4-3-5-11(12(10)16-8)17-14(19)9(2)13(15)18-20/h3-7,9,20H,1-2H3,(H2,15,18)(H,17,19). The molecule has 0 radical (unpaired) electrons. The molecule has 0 saturated carbocycles. The van der Waals surface area contributed by atoms with Crippen LogP contribution in [0.2, 0.25) is 0 Å². The molecule has 0 bridgehead atoms. The zero-order valence-electron chi connectivity index (χ0n) is 11.3. The molecule has 0 spiro atoms. The van der Waals surface area contributed by atoms with Crippen molar-refractivity contribution in [2.45, 2.75) is 13.8 Å². The second-order valence-electron chi connectivity index (χ2n) is 4.57. The molecule has 2 rings (SSSR count). The van der Waals surface area contributed by atoms with E-state index in [4.69, 9.17) is 10.9 Å². The lowest BCUT2D eigenvalue weighted by Crippen LogP contribution is -2.32. The lowest BCUT2D eigenvalue weighted by atomic mass is 10.1. The number of nitrogens with zero attached hydrogens (tertiary/aromatic N) is 2. The van der Waals surface area contributed by atoms with E-state index >= 15 is 0 Å². The summed E-state index contributed by atoms with van der Waals surface area (Å²) in [6.07, 6.45) is 0. The zero-order chi connectivity index (χ0) is 14.7. The van der Waals surface area contributed by atoms with Crippen LogP contribution in [0.25, 0.3) is 10.9 Å². The Labute approximate surface area is 116 Å². The highest BCUT2D eigenvalue weighted by atomic mass is 16.4. The van der Waals surface area contributed by atoms with E-state index in [0.29, 0.717) is 11.2 Å². The minimum Gasteiger partial charge on any atom is -0.409 e. The number of amides is 1. The third kappa shape index (κ3) is 2.69. The number of hydrogen-bond acceptors (Lipinski definition) is 4. The van der Waals surface area contributed by atoms with Gasteiger partial charge in [-0.25, -0.2) is 0 Å². The Morgan fingerprint density at radius 1 is 1.40 bits per heavy atom. The Morgan fingerprint density at radius 3 is 2.85 bits per heavy atom. The molecule has 0 fully saturated rings. The van der Waals surface area contributed by atoms with Crippen molar-refractivity contribution in [1.82, 2.24) is 4.98 Å². The number of rotatable bonds is 3. The molecule has 104 valence electrons. The number of anilines is 1. The first-order valence-electron chi connectivity index (χ1n) is 6.17. The van der Waals surface area contributed by atoms with Gasteiger partial charge in [-0.2, -0.15) is 0 Å². The van der Waals surface area contributed by atoms with Gasteiger partial charge in [0.1, 0.15) is 0 Å². The molecule has 1 heterocycles. The van der Waals surface area contributed by atoms with E-state index in [1.165, 1.54) is 0 Å². The van der Waals surface area contributed by atoms with Crippen LogP contribution in [0.5, 0.6) is 0 Å². The molecule has 0 aliphatic carbocycles. The first-order chi connectivity index (χ1) is 9.52. The number of nitrogens with two attached hydrogens (primary N) is 1. The Morgan fingerprint density at radius 2 is 2.15 bits per heavy atom. The molecule has 1 aromatic heterocycles. The summed E-state index contributed by atoms with van der Waals surface area (Å²) in [7, 11) is 0. The minimum atomic E-state index is -0.722. The van der Waals surface area contributed by atoms with E-state index in [-0.39, 0.29) is 11.7 Å². The van der Waals surface area contributed by atoms with Crippen molar-refractivity contribution < 1.29 is 10.0 Å². The SMILES string of the molecule is Cc1ccc2cccc(NC(=O)C(C)C(N)=NO)c2n1. The fourth-order valence-corrected chi connectivity index (χ4v) is 1.81. The molecule has 2 aromatic rings. The van der Waals surface area contributed by atoms with Gasteiger partial charge in [-0.05, 0) is 26.0 Å². The van der Waals surface area contributed by atoms with Gasteiger partial charge < -0.3 is 16.3 Å². The minimum absolute atomic E-state index is 0.133. The third-order valence-electron chi connectivity index (χ3n) is 3.07. The van der Waals surface area contributed by atoms with Crippen LogP contribution in [0.4, 0.5) is 5.69 Å². The van der Waals surface area contributed by atoms with E-state index < -0.39 is 5.92 Å². The summed E-state index contributed by atoms with van der Waals surface area (Å²) in [5.74, 6) is -1.21. The second-order valence-corrected chi connectivity index (χ2v) is 4.57. The molecule has 0 aliphatic rings. The maximum Gasteiger partial charge on any atom is 0.234 e. The molecule has 4 N–H and O–H groups in total. The summed E-state index contributed by atoms with van der Waals surface area (Å²) in [6, 6.07) is 9.38. The van der Waals surface area contributed by atoms with Crippen LogP contribution in [0, 0.1) is 12.8 Å². The van der Waals surface area contributed by atoms with Gasteiger partial charge in [0.25, 0.3) is 0 Å². The molecule has 20 heavy (non-hydrogen) atoms. The summed E-state index contributed by atoms with van der Waals surface area (Å²) in [5, 5.41) is 15.1. The molecule has 1 atom stereocenters. The molecule has 0 aliphatic heterocycles. The molecule has 1 unspecified atom stereocenters. The van der Waals surface area contributed by atoms with Crippen molar-refractivity contribution in [3.05, 3.63) is 36.0 Å². The van der Waals surface area contributed by atoms with Crippen LogP contribution in [0.1, 0.15) is 12.6 Å². The smallest absolute Gasteiger partial charge is 0.234 e. The van der Waals surface area contributed by atoms with Crippen molar-refractivity contribution in [3.63, 3.8) is 0 Å². The highest BCUT2D eigenvalue weighted by Gasteiger charge is 2.18. The first kappa shape index (κ1) is 13.8. The Balaban J connectivity index is 2.34. The van der Waals surface area contributed by atoms with Crippen molar-refractivity contribution in [1.29, 1.82) is 0 Å². The van der Waals surface area contributed by atoms with E-state index in [1.807, 2.05) is 31.2 Å². The molecule has 6 heteroatoms. The van der Waals surface area contributed by atoms with Gasteiger partial charge in [0.2, 0.25) is 5.91 Å². The third-order valence-corrected chi connectivity index (χ3v) is 3.07. The zero-order valence-corrected chi connectivity index (χ0v) is 11.3. The highest BCUT2D eigenvalue weighted by Crippen LogP contribution is 2.22. The van der Waals surface area contributed by atoms with Crippen molar-refractivity contribution in [2.75, 3.05) is 5.32 Å². The Bertz CT molecular complexity index is 682. The number of carbonyl (C=O) groups is 1. The molecular formula is C14H16N4O2. The predicted octanol–water partition coefficient (Wildman–Crippen LogP) is 1.86. The number of nitrogens with one attached hydrogen (secondary N) is 1. The average Bonchev–Trinajstić information content (AvgIpc) is 2.46. The summed E-state index contributed by atoms with van der Waals surface area (Å²) < 4.78 is 0. The Kier molecular flexibility index (Phi) is 3.84. The average molecular weight is 272 g/mol. The quantitative estimate of drug-likeness (QED) is 0.343. The number of benzene rings is 1. The summed E-state index contributed by atoms with van der Waals surface area (Å²) >= 11 is 0. The van der Waals surface area contributed by atoms with Gasteiger partial charge in [0.05, 0.1) is 17.1 Å². The van der Waals surface area contributed by atoms with Crippen molar-refractivity contribution >= 4 is 28.3 Å². The molecule has 0 saturated heterocycles. The second kappa shape index (κ2) is 5.56. The van der Waals surface area contributed by atoms with E-state index in [2.05, 4.69) is 15.5 Å². The first-order valence-corrected chi connectivity index (χ1v) is 6.17. The normalized spacial score (nSPS) is 13.2. The van der Waals surface area contributed by atoms with Crippen LogP contribution < -0.4 is 11.1 Å². The van der Waals surface area contributed by atoms with E-state index in [1.54, 1.807) is 13.0 Å². The number of hydrogen-bond donors (Lipinski definition) is 3. The number of aryl methyl sites for hydroxylation is 1. The van der Waals surface area contributed by atoms with Crippen LogP contribution in [0.15, 0.2) is 35.5 Å². The summed E-state index contributed by atoms with van der Waals surface area (Å²) in [6.45, 7) is 3.45. The van der Waals surface area contributed by atoms with Crippen LogP contribution in [0.3, 0.4) is 0 Å². The van der Waals surface area contributed by atoms with Gasteiger partial charge in [-0.1, -0.05) is 23.4 Å². The fraction of sp³-hybridized carbons (Fsp3) is 0.214. The molecule has 1 aromatic carbocycles. The number of para-hydroxylation sites is 1. The largest absolute Gasteiger partial charge is 0.409 e. The Hall–Kier alpha value is -2.63. The van der Waals surface area contributed by atoms with E-state index in [9.17, 15) is 4.79 Å². The van der Waals surface area contributed by atoms with Gasteiger partial charge in [0, 0.05) is 11.1 Å². The van der Waals surface area contributed by atoms with Crippen LogP contribution in [-0.2, 0) is 4.79 Å². The van der Waals surface area contributed by atoms with Gasteiger partial charge in [-0.3, -0.25) is 9.78 Å². The number of fused-ring (bicyclic) bond motifs is 1. The lowest BCUT2D eigenvalue weighted by Gasteiger charge is -2.12. The van der Waals surface area contributed by atoms with Gasteiger partial charge in [-0.15, -0.1) is 0 Å². The number of amidine groups is 1. The maximum atomic E-state index is 12.0. The fourth-order valence-electron chi connectivity index (χ4n) is 1.81. The number of oxime groups is 1. The van der Waals surface area contributed by atoms with Crippen molar-refractivity contribution in [2.24, 2.45) is 16.8 Å². The monoisotopic (exact) mass is 272 g/mol. The van der Waals surface area contributed by atoms with E-state index in [0.717, 1.165) is 11.1 Å². The predicted molar refractivity (Wildman–Crippen MR) is 77.7 cm³/mol.